The number of rotatable bonds is 1. The number of nitrogens with two attached hydrogens (primary N) is 3. The van der Waals surface area contributed by atoms with Crippen molar-refractivity contribution >= 4 is 28.9 Å². The van der Waals surface area contributed by atoms with Crippen molar-refractivity contribution in [2.24, 2.45) is 5.73 Å². The van der Waals surface area contributed by atoms with Crippen LogP contribution >= 0.6 is 0 Å². The van der Waals surface area contributed by atoms with E-state index in [1.54, 1.807) is 0 Å². The molecule has 0 radical (unpaired) electrons. The molecule has 13 nitrogen and oxygen atoms in total. The van der Waals surface area contributed by atoms with Crippen LogP contribution in [0, 0.1) is 0 Å². The number of carboxylic acid groups (broad SMARTS) is 1. The van der Waals surface area contributed by atoms with Crippen LogP contribution < -0.4 is 28.5 Å². The molecule has 0 saturated carbocycles. The van der Waals surface area contributed by atoms with E-state index >= 15 is 0 Å². The van der Waals surface area contributed by atoms with E-state index in [0.717, 1.165) is 0 Å². The van der Waals surface area contributed by atoms with Gasteiger partial charge in [-0.2, -0.15) is 4.98 Å². The summed E-state index contributed by atoms with van der Waals surface area (Å²) in [6, 6.07) is 0.784. The number of aliphatic carboxylic acids is 1. The molecule has 0 amide bonds. The van der Waals surface area contributed by atoms with Crippen LogP contribution in [0.1, 0.15) is 6.92 Å². The van der Waals surface area contributed by atoms with Crippen LogP contribution in [0.5, 0.6) is 0 Å². The largest absolute Gasteiger partial charge is 0.480 e. The van der Waals surface area contributed by atoms with E-state index in [9.17, 15) is 14.4 Å². The lowest BCUT2D eigenvalue weighted by Gasteiger charge is -1.90. The van der Waals surface area contributed by atoms with Gasteiger partial charge < -0.3 is 27.3 Å². The Kier molecular flexibility index (Phi) is 6.78. The Bertz CT molecular complexity index is 943. The number of nitrogens with one attached hydrogen (secondary N) is 3. The second-order valence-electron chi connectivity index (χ2n) is 4.51. The number of H-pyrrole nitrogens is 3. The van der Waals surface area contributed by atoms with Crippen molar-refractivity contribution in [3.05, 3.63) is 39.4 Å². The number of hydrogen-bond acceptors (Lipinski definition) is 9. The van der Waals surface area contributed by atoms with E-state index in [2.05, 4.69) is 29.9 Å². The molecule has 0 saturated heterocycles. The minimum atomic E-state index is -0.963. The maximum atomic E-state index is 11.0. The minimum absolute atomic E-state index is 0.0783. The van der Waals surface area contributed by atoms with E-state index in [1.165, 1.54) is 25.5 Å². The van der Waals surface area contributed by atoms with Crippen molar-refractivity contribution in [2.75, 3.05) is 11.5 Å². The number of aromatic nitrogens is 6. The third-order valence-electron chi connectivity index (χ3n) is 2.40. The van der Waals surface area contributed by atoms with Crippen LogP contribution in [-0.4, -0.2) is 47.0 Å². The summed E-state index contributed by atoms with van der Waals surface area (Å²) in [5.41, 5.74) is 15.2. The molecule has 13 heteroatoms. The number of aromatic amines is 3. The highest BCUT2D eigenvalue weighted by Gasteiger charge is 2.01. The molecule has 0 aliphatic heterocycles. The molecule has 3 rings (SSSR count). The summed E-state index contributed by atoms with van der Waals surface area (Å²) in [5.74, 6) is -0.547. The molecule has 25 heavy (non-hydrogen) atoms. The van der Waals surface area contributed by atoms with Crippen molar-refractivity contribution < 1.29 is 9.90 Å². The van der Waals surface area contributed by atoms with Crippen molar-refractivity contribution in [1.29, 1.82) is 0 Å². The van der Waals surface area contributed by atoms with Crippen molar-refractivity contribution in [2.45, 2.75) is 13.0 Å². The van der Waals surface area contributed by atoms with Gasteiger partial charge in [-0.05, 0) is 13.0 Å². The SMILES string of the molecule is C[C@H](N)C(=O)O.Nc1ccnc(=O)[nH]1.Nc1nc2nc[nH]c2c(=O)[nH]1. The second kappa shape index (κ2) is 8.78. The fourth-order valence-corrected chi connectivity index (χ4v) is 1.24. The molecule has 3 aromatic heterocycles. The molecule has 0 aliphatic carbocycles. The monoisotopic (exact) mass is 351 g/mol. The molecule has 0 aliphatic rings. The summed E-state index contributed by atoms with van der Waals surface area (Å²) in [5, 5.41) is 7.87. The topological polar surface area (TPSA) is 236 Å². The molecular weight excluding hydrogens is 334 g/mol. The molecule has 0 spiro atoms. The van der Waals surface area contributed by atoms with Crippen LogP contribution in [0.4, 0.5) is 11.8 Å². The molecule has 0 unspecified atom stereocenters. The highest BCUT2D eigenvalue weighted by atomic mass is 16.4. The predicted molar refractivity (Wildman–Crippen MR) is 89.5 cm³/mol. The molecule has 134 valence electrons. The predicted octanol–water partition coefficient (Wildman–Crippen LogP) is -2.00. The van der Waals surface area contributed by atoms with Crippen molar-refractivity contribution in [3.63, 3.8) is 0 Å². The van der Waals surface area contributed by atoms with Gasteiger partial charge in [0.15, 0.2) is 11.2 Å². The first-order valence-electron chi connectivity index (χ1n) is 6.68. The fraction of sp³-hybridized carbons (Fsp3) is 0.167. The number of anilines is 2. The van der Waals surface area contributed by atoms with E-state index in [0.29, 0.717) is 17.0 Å². The van der Waals surface area contributed by atoms with Gasteiger partial charge in [0.1, 0.15) is 11.9 Å². The van der Waals surface area contributed by atoms with Gasteiger partial charge in [-0.1, -0.05) is 0 Å². The smallest absolute Gasteiger partial charge is 0.346 e. The molecule has 0 fully saturated rings. The van der Waals surface area contributed by atoms with Gasteiger partial charge in [0, 0.05) is 6.20 Å². The van der Waals surface area contributed by atoms with E-state index in [4.69, 9.17) is 22.3 Å². The van der Waals surface area contributed by atoms with Gasteiger partial charge in [-0.25, -0.2) is 14.8 Å². The summed E-state index contributed by atoms with van der Waals surface area (Å²) >= 11 is 0. The van der Waals surface area contributed by atoms with Gasteiger partial charge in [-0.3, -0.25) is 19.6 Å². The number of nitrogens with zero attached hydrogens (tertiary/aromatic N) is 3. The number of carbonyl (C=O) groups is 1. The Hall–Kier alpha value is -3.74. The molecule has 3 heterocycles. The maximum absolute atomic E-state index is 11.0. The number of imidazole rings is 1. The number of carboxylic acids is 1. The van der Waals surface area contributed by atoms with Crippen molar-refractivity contribution in [1.82, 2.24) is 29.9 Å². The Balaban J connectivity index is 0.000000199. The van der Waals surface area contributed by atoms with E-state index in [-0.39, 0.29) is 11.5 Å². The first-order valence-corrected chi connectivity index (χ1v) is 6.68. The number of fused-ring (bicyclic) bond motifs is 1. The lowest BCUT2D eigenvalue weighted by atomic mass is 10.4. The first kappa shape index (κ1) is 19.3. The Morgan fingerprint density at radius 3 is 2.36 bits per heavy atom. The standard InChI is InChI=1S/C5H5N5O.C4H5N3O.C3H7NO2/c6-5-9-3-2(4(11)10-5)7-1-8-3;5-3-1-2-6-4(8)7-3;1-2(4)3(5)6/h1H,(H4,6,7,8,9,10,11);1-2H,(H3,5,6,7,8);2H,4H2,1H3,(H,5,6)/t;;2-/m..0/s1. The Morgan fingerprint density at radius 2 is 1.88 bits per heavy atom. The Labute approximate surface area is 139 Å². The molecule has 0 aromatic carbocycles. The minimum Gasteiger partial charge on any atom is -0.480 e. The van der Waals surface area contributed by atoms with E-state index < -0.39 is 17.7 Å². The molecule has 3 aromatic rings. The summed E-state index contributed by atoms with van der Waals surface area (Å²) in [4.78, 5) is 49.0. The third kappa shape index (κ3) is 6.49. The van der Waals surface area contributed by atoms with Crippen LogP contribution in [0.15, 0.2) is 28.2 Å². The van der Waals surface area contributed by atoms with Crippen LogP contribution in [0.2, 0.25) is 0 Å². The maximum Gasteiger partial charge on any atom is 0.346 e. The van der Waals surface area contributed by atoms with Crippen LogP contribution in [0.25, 0.3) is 11.2 Å². The highest BCUT2D eigenvalue weighted by molar-refractivity contribution is 5.72. The number of nitrogen functional groups attached to an aromatic ring is 2. The lowest BCUT2D eigenvalue weighted by Crippen LogP contribution is -2.25. The van der Waals surface area contributed by atoms with Crippen molar-refractivity contribution in [3.8, 4) is 0 Å². The van der Waals surface area contributed by atoms with Gasteiger partial charge in [0.25, 0.3) is 5.56 Å². The normalized spacial score (nSPS) is 10.8. The van der Waals surface area contributed by atoms with E-state index in [1.807, 2.05) is 0 Å². The Morgan fingerprint density at radius 1 is 1.24 bits per heavy atom. The zero-order valence-corrected chi connectivity index (χ0v) is 13.1. The van der Waals surface area contributed by atoms with Crippen LogP contribution in [0.3, 0.4) is 0 Å². The van der Waals surface area contributed by atoms with Gasteiger partial charge >= 0.3 is 11.7 Å². The summed E-state index contributed by atoms with van der Waals surface area (Å²) in [6.45, 7) is 1.42. The highest BCUT2D eigenvalue weighted by Crippen LogP contribution is 1.98. The fourth-order valence-electron chi connectivity index (χ4n) is 1.24. The average Bonchev–Trinajstić information content (AvgIpc) is 2.96. The van der Waals surface area contributed by atoms with Gasteiger partial charge in [0.2, 0.25) is 5.95 Å². The zero-order valence-electron chi connectivity index (χ0n) is 13.1. The average molecular weight is 351 g/mol. The van der Waals surface area contributed by atoms with Gasteiger partial charge in [-0.15, -0.1) is 0 Å². The molecule has 0 bridgehead atoms. The lowest BCUT2D eigenvalue weighted by molar-refractivity contribution is -0.138. The first-order chi connectivity index (χ1) is 11.7. The molecular formula is C12H17N9O4. The van der Waals surface area contributed by atoms with Crippen LogP contribution in [-0.2, 0) is 4.79 Å². The third-order valence-corrected chi connectivity index (χ3v) is 2.40. The summed E-state index contributed by atoms with van der Waals surface area (Å²) < 4.78 is 0. The number of hydrogen-bond donors (Lipinski definition) is 7. The summed E-state index contributed by atoms with van der Waals surface area (Å²) in [6.07, 6.45) is 2.75. The second-order valence-corrected chi connectivity index (χ2v) is 4.51. The quantitative estimate of drug-likeness (QED) is 0.254. The summed E-state index contributed by atoms with van der Waals surface area (Å²) in [7, 11) is 0. The zero-order chi connectivity index (χ0) is 19.0. The molecule has 10 N–H and O–H groups in total. The van der Waals surface area contributed by atoms with Gasteiger partial charge in [0.05, 0.1) is 6.33 Å². The molecule has 1 atom stereocenters.